The molecule has 6 nitrogen and oxygen atoms in total. The van der Waals surface area contributed by atoms with Crippen LogP contribution in [0.15, 0.2) is 60.8 Å². The number of para-hydroxylation sites is 1. The number of aromatic nitrogens is 1. The largest absolute Gasteiger partial charge is 0.321 e. The van der Waals surface area contributed by atoms with Gasteiger partial charge in [0.1, 0.15) is 5.82 Å². The molecule has 3 aromatic rings. The molecule has 1 aromatic heterocycles. The van der Waals surface area contributed by atoms with E-state index in [-0.39, 0.29) is 11.8 Å². The number of hydrogen-bond donors (Lipinski definition) is 2. The number of nitrogens with zero attached hydrogens (tertiary/aromatic N) is 2. The lowest BCUT2D eigenvalue weighted by molar-refractivity contribution is 0.102. The van der Waals surface area contributed by atoms with Crippen LogP contribution in [0.2, 0.25) is 0 Å². The monoisotopic (exact) mass is 370 g/mol. The highest BCUT2D eigenvalue weighted by atomic mass is 16.2. The standard InChI is InChI=1S/C22H18N4O2/c1-14-8-11-20(24-13-14)26-22(28)18-6-4-5-7-19(18)25-21(27)17-10-9-16(23-3)12-15(17)2/h4-13H,1-2H3,(H,25,27)(H,24,26,28). The Bertz CT molecular complexity index is 1080. The van der Waals surface area contributed by atoms with Gasteiger partial charge in [0, 0.05) is 11.8 Å². The van der Waals surface area contributed by atoms with Crippen LogP contribution < -0.4 is 10.6 Å². The molecule has 6 heteroatoms. The number of pyridine rings is 1. The van der Waals surface area contributed by atoms with Crippen molar-refractivity contribution in [3.63, 3.8) is 0 Å². The molecule has 3 rings (SSSR count). The fourth-order valence-corrected chi connectivity index (χ4v) is 2.68. The van der Waals surface area contributed by atoms with Crippen LogP contribution in [0.25, 0.3) is 4.85 Å². The number of carbonyl (C=O) groups is 2. The van der Waals surface area contributed by atoms with Crippen LogP contribution in [-0.4, -0.2) is 16.8 Å². The highest BCUT2D eigenvalue weighted by molar-refractivity contribution is 6.12. The van der Waals surface area contributed by atoms with Crippen molar-refractivity contribution in [2.75, 3.05) is 10.6 Å². The zero-order valence-corrected chi connectivity index (χ0v) is 15.5. The number of hydrogen-bond acceptors (Lipinski definition) is 3. The first-order chi connectivity index (χ1) is 13.5. The second kappa shape index (κ2) is 8.14. The van der Waals surface area contributed by atoms with Gasteiger partial charge in [-0.1, -0.05) is 36.4 Å². The molecule has 0 aliphatic heterocycles. The summed E-state index contributed by atoms with van der Waals surface area (Å²) in [7, 11) is 0. The second-order valence-corrected chi connectivity index (χ2v) is 6.29. The Kier molecular flexibility index (Phi) is 5.47. The van der Waals surface area contributed by atoms with Crippen LogP contribution >= 0.6 is 0 Å². The smallest absolute Gasteiger partial charge is 0.258 e. The van der Waals surface area contributed by atoms with E-state index in [9.17, 15) is 9.59 Å². The summed E-state index contributed by atoms with van der Waals surface area (Å²) < 4.78 is 0. The van der Waals surface area contributed by atoms with Gasteiger partial charge in [-0.2, -0.15) is 0 Å². The van der Waals surface area contributed by atoms with Gasteiger partial charge >= 0.3 is 0 Å². The molecule has 0 spiro atoms. The minimum Gasteiger partial charge on any atom is -0.321 e. The molecule has 138 valence electrons. The van der Waals surface area contributed by atoms with Crippen LogP contribution in [0.5, 0.6) is 0 Å². The van der Waals surface area contributed by atoms with E-state index in [2.05, 4.69) is 20.5 Å². The highest BCUT2D eigenvalue weighted by Crippen LogP contribution is 2.21. The van der Waals surface area contributed by atoms with Gasteiger partial charge in [-0.15, -0.1) is 0 Å². The normalized spacial score (nSPS) is 10.0. The third kappa shape index (κ3) is 4.22. The van der Waals surface area contributed by atoms with E-state index in [0.717, 1.165) is 5.56 Å². The zero-order valence-electron chi connectivity index (χ0n) is 15.5. The van der Waals surface area contributed by atoms with E-state index in [0.29, 0.717) is 33.9 Å². The Morgan fingerprint density at radius 3 is 2.36 bits per heavy atom. The molecule has 0 saturated heterocycles. The molecule has 0 saturated carbocycles. The Morgan fingerprint density at radius 2 is 1.68 bits per heavy atom. The minimum absolute atomic E-state index is 0.327. The Labute approximate surface area is 163 Å². The van der Waals surface area contributed by atoms with Crippen LogP contribution in [0.1, 0.15) is 31.8 Å². The van der Waals surface area contributed by atoms with Crippen LogP contribution in [-0.2, 0) is 0 Å². The Morgan fingerprint density at radius 1 is 0.929 bits per heavy atom. The van der Waals surface area contributed by atoms with E-state index in [1.165, 1.54) is 0 Å². The summed E-state index contributed by atoms with van der Waals surface area (Å²) >= 11 is 0. The fourth-order valence-electron chi connectivity index (χ4n) is 2.68. The van der Waals surface area contributed by atoms with Crippen molar-refractivity contribution in [1.82, 2.24) is 4.98 Å². The van der Waals surface area contributed by atoms with Crippen molar-refractivity contribution in [3.8, 4) is 0 Å². The molecule has 0 aliphatic carbocycles. The summed E-state index contributed by atoms with van der Waals surface area (Å²) in [5.74, 6) is -0.280. The van der Waals surface area contributed by atoms with Crippen molar-refractivity contribution >= 4 is 29.0 Å². The fraction of sp³-hybridized carbons (Fsp3) is 0.0909. The number of carbonyl (C=O) groups excluding carboxylic acids is 2. The summed E-state index contributed by atoms with van der Waals surface area (Å²) in [6.45, 7) is 10.7. The number of anilines is 2. The van der Waals surface area contributed by atoms with Gasteiger partial charge in [-0.05, 0) is 43.2 Å². The Balaban J connectivity index is 1.82. The van der Waals surface area contributed by atoms with Gasteiger partial charge in [-0.3, -0.25) is 9.59 Å². The molecular weight excluding hydrogens is 352 g/mol. The average molecular weight is 370 g/mol. The number of benzene rings is 2. The predicted molar refractivity (Wildman–Crippen MR) is 109 cm³/mol. The molecule has 28 heavy (non-hydrogen) atoms. The summed E-state index contributed by atoms with van der Waals surface area (Å²) in [5.41, 5.74) is 3.32. The first kappa shape index (κ1) is 18.8. The van der Waals surface area contributed by atoms with Gasteiger partial charge < -0.3 is 10.6 Å². The maximum absolute atomic E-state index is 12.7. The minimum atomic E-state index is -0.368. The number of amides is 2. The summed E-state index contributed by atoms with van der Waals surface area (Å²) in [4.78, 5) is 32.8. The molecule has 0 fully saturated rings. The molecule has 2 N–H and O–H groups in total. The molecule has 2 amide bonds. The van der Waals surface area contributed by atoms with Crippen LogP contribution in [0, 0.1) is 20.4 Å². The first-order valence-electron chi connectivity index (χ1n) is 8.60. The second-order valence-electron chi connectivity index (χ2n) is 6.29. The third-order valence-corrected chi connectivity index (χ3v) is 4.16. The molecule has 0 bridgehead atoms. The average Bonchev–Trinajstić information content (AvgIpc) is 2.69. The van der Waals surface area contributed by atoms with Gasteiger partial charge in [0.2, 0.25) is 0 Å². The number of nitrogens with one attached hydrogen (secondary N) is 2. The lowest BCUT2D eigenvalue weighted by atomic mass is 10.1. The molecule has 0 atom stereocenters. The van der Waals surface area contributed by atoms with Gasteiger partial charge in [-0.25, -0.2) is 9.83 Å². The van der Waals surface area contributed by atoms with Crippen molar-refractivity contribution in [1.29, 1.82) is 0 Å². The molecule has 2 aromatic carbocycles. The highest BCUT2D eigenvalue weighted by Gasteiger charge is 2.16. The SMILES string of the molecule is [C-]#[N+]c1ccc(C(=O)Nc2ccccc2C(=O)Nc2ccc(C)cn2)c(C)c1. The van der Waals surface area contributed by atoms with Crippen molar-refractivity contribution < 1.29 is 9.59 Å². The lowest BCUT2D eigenvalue weighted by Crippen LogP contribution is -2.19. The number of rotatable bonds is 4. The van der Waals surface area contributed by atoms with Crippen molar-refractivity contribution in [2.45, 2.75) is 13.8 Å². The summed E-state index contributed by atoms with van der Waals surface area (Å²) in [6, 6.07) is 15.2. The van der Waals surface area contributed by atoms with Crippen LogP contribution in [0.4, 0.5) is 17.2 Å². The maximum Gasteiger partial charge on any atom is 0.258 e. The lowest BCUT2D eigenvalue weighted by Gasteiger charge is -2.12. The summed E-state index contributed by atoms with van der Waals surface area (Å²) in [5, 5.41) is 5.51. The molecule has 0 aliphatic rings. The number of aryl methyl sites for hydroxylation is 2. The van der Waals surface area contributed by atoms with Crippen LogP contribution in [0.3, 0.4) is 0 Å². The van der Waals surface area contributed by atoms with Crippen molar-refractivity contribution in [2.24, 2.45) is 0 Å². The van der Waals surface area contributed by atoms with Gasteiger partial charge in [0.05, 0.1) is 17.8 Å². The molecule has 0 radical (unpaired) electrons. The van der Waals surface area contributed by atoms with E-state index in [1.807, 2.05) is 13.0 Å². The molecule has 1 heterocycles. The Hall–Kier alpha value is -3.98. The van der Waals surface area contributed by atoms with E-state index in [4.69, 9.17) is 6.57 Å². The van der Waals surface area contributed by atoms with Crippen molar-refractivity contribution in [3.05, 3.63) is 94.5 Å². The first-order valence-corrected chi connectivity index (χ1v) is 8.60. The predicted octanol–water partition coefficient (Wildman–Crippen LogP) is 4.75. The topological polar surface area (TPSA) is 75.5 Å². The van der Waals surface area contributed by atoms with Gasteiger partial charge in [0.25, 0.3) is 11.8 Å². The summed E-state index contributed by atoms with van der Waals surface area (Å²) in [6.07, 6.45) is 1.67. The molecular formula is C22H18N4O2. The zero-order chi connectivity index (χ0) is 20.1. The van der Waals surface area contributed by atoms with E-state index >= 15 is 0 Å². The quantitative estimate of drug-likeness (QED) is 0.651. The van der Waals surface area contributed by atoms with E-state index < -0.39 is 0 Å². The van der Waals surface area contributed by atoms with E-state index in [1.54, 1.807) is 61.7 Å². The third-order valence-electron chi connectivity index (χ3n) is 4.16. The maximum atomic E-state index is 12.7. The molecule has 0 unspecified atom stereocenters. The van der Waals surface area contributed by atoms with Gasteiger partial charge in [0.15, 0.2) is 5.69 Å².